The fourth-order valence-electron chi connectivity index (χ4n) is 2.53. The van der Waals surface area contributed by atoms with Crippen LogP contribution in [-0.2, 0) is 6.54 Å². The highest BCUT2D eigenvalue weighted by Crippen LogP contribution is 2.29. The molecule has 0 aliphatic carbocycles. The van der Waals surface area contributed by atoms with Gasteiger partial charge in [-0.25, -0.2) is 9.97 Å². The topological polar surface area (TPSA) is 131 Å². The molecule has 0 saturated heterocycles. The Hall–Kier alpha value is -3.73. The number of nitrogens with zero attached hydrogens (tertiary/aromatic N) is 3. The lowest BCUT2D eigenvalue weighted by atomic mass is 10.2. The number of ether oxygens (including phenoxy) is 1. The average Bonchev–Trinajstić information content (AvgIpc) is 2.76. The second-order valence-electron chi connectivity index (χ2n) is 5.94. The maximum atomic E-state index is 12.3. The molecule has 11 heteroatoms. The van der Waals surface area contributed by atoms with Crippen molar-refractivity contribution in [3.05, 3.63) is 80.6 Å². The fraction of sp³-hybridized carbons (Fsp3) is 0.105. The zero-order valence-electron chi connectivity index (χ0n) is 15.8. The molecule has 0 unspecified atom stereocenters. The van der Waals surface area contributed by atoms with Crippen LogP contribution in [0.4, 0.5) is 17.3 Å². The zero-order valence-corrected chi connectivity index (χ0v) is 17.3. The zero-order chi connectivity index (χ0) is 21.5. The maximum Gasteiger partial charge on any atom is 0.354 e. The summed E-state index contributed by atoms with van der Waals surface area (Å²) in [5.74, 6) is 0.0956. The molecule has 0 radical (unpaired) electrons. The van der Waals surface area contributed by atoms with Crippen LogP contribution in [0.2, 0.25) is 0 Å². The first-order valence-electron chi connectivity index (χ1n) is 8.66. The van der Waals surface area contributed by atoms with E-state index in [2.05, 4.69) is 42.1 Å². The fourth-order valence-corrected chi connectivity index (χ4v) is 3.00. The number of nitrogens with one attached hydrogen (secondary N) is 3. The van der Waals surface area contributed by atoms with Crippen molar-refractivity contribution in [3.63, 3.8) is 0 Å². The third-order valence-electron chi connectivity index (χ3n) is 4.04. The predicted octanol–water partition coefficient (Wildman–Crippen LogP) is 3.52. The lowest BCUT2D eigenvalue weighted by Gasteiger charge is -2.11. The van der Waals surface area contributed by atoms with Crippen molar-refractivity contribution in [2.24, 2.45) is 0 Å². The number of anilines is 2. The van der Waals surface area contributed by atoms with Gasteiger partial charge in [0.1, 0.15) is 12.1 Å². The minimum atomic E-state index is -0.622. The second-order valence-corrected chi connectivity index (χ2v) is 6.79. The van der Waals surface area contributed by atoms with E-state index in [1.165, 1.54) is 0 Å². The van der Waals surface area contributed by atoms with Crippen molar-refractivity contribution in [2.45, 2.75) is 6.54 Å². The van der Waals surface area contributed by atoms with E-state index in [4.69, 9.17) is 4.74 Å². The van der Waals surface area contributed by atoms with E-state index in [0.717, 1.165) is 11.9 Å². The van der Waals surface area contributed by atoms with Gasteiger partial charge in [0.15, 0.2) is 0 Å². The predicted molar refractivity (Wildman–Crippen MR) is 114 cm³/mol. The molecule has 1 aromatic heterocycles. The number of carbonyl (C=O) groups is 1. The molecule has 2 aromatic carbocycles. The molecule has 0 aliphatic rings. The minimum Gasteiger partial charge on any atom is -0.497 e. The van der Waals surface area contributed by atoms with Gasteiger partial charge in [-0.1, -0.05) is 24.3 Å². The number of nitro groups is 1. The van der Waals surface area contributed by atoms with Gasteiger partial charge in [-0.05, 0) is 45.8 Å². The number of halogens is 1. The Morgan fingerprint density at radius 2 is 1.83 bits per heavy atom. The first-order chi connectivity index (χ1) is 14.5. The van der Waals surface area contributed by atoms with Crippen molar-refractivity contribution in [3.8, 4) is 5.75 Å². The van der Waals surface area contributed by atoms with Gasteiger partial charge in [0, 0.05) is 11.0 Å². The number of rotatable bonds is 8. The van der Waals surface area contributed by atoms with Crippen LogP contribution < -0.4 is 20.9 Å². The van der Waals surface area contributed by atoms with Crippen LogP contribution in [0.25, 0.3) is 0 Å². The summed E-state index contributed by atoms with van der Waals surface area (Å²) < 4.78 is 5.69. The van der Waals surface area contributed by atoms with Gasteiger partial charge < -0.3 is 10.1 Å². The van der Waals surface area contributed by atoms with E-state index in [9.17, 15) is 14.9 Å². The molecule has 0 saturated carbocycles. The monoisotopic (exact) mass is 472 g/mol. The van der Waals surface area contributed by atoms with Crippen molar-refractivity contribution >= 4 is 39.2 Å². The Labute approximate surface area is 179 Å². The van der Waals surface area contributed by atoms with Crippen molar-refractivity contribution in [2.75, 3.05) is 17.9 Å². The summed E-state index contributed by atoms with van der Waals surface area (Å²) in [7, 11) is 1.57. The molecule has 3 N–H and O–H groups in total. The van der Waals surface area contributed by atoms with Crippen LogP contribution in [0.3, 0.4) is 0 Å². The molecule has 10 nitrogen and oxygen atoms in total. The largest absolute Gasteiger partial charge is 0.497 e. The average molecular weight is 473 g/mol. The third kappa shape index (κ3) is 5.00. The van der Waals surface area contributed by atoms with Crippen LogP contribution in [0.5, 0.6) is 5.75 Å². The molecule has 30 heavy (non-hydrogen) atoms. The number of hydrogen-bond donors (Lipinski definition) is 3. The Balaban J connectivity index is 1.74. The summed E-state index contributed by atoms with van der Waals surface area (Å²) in [5, 5.41) is 14.5. The van der Waals surface area contributed by atoms with Gasteiger partial charge >= 0.3 is 5.69 Å². The summed E-state index contributed by atoms with van der Waals surface area (Å²) in [5.41, 5.74) is 5.76. The lowest BCUT2D eigenvalue weighted by molar-refractivity contribution is -0.383. The van der Waals surface area contributed by atoms with Gasteiger partial charge in [-0.3, -0.25) is 25.8 Å². The normalized spacial score (nSPS) is 10.2. The highest BCUT2D eigenvalue weighted by molar-refractivity contribution is 9.10. The van der Waals surface area contributed by atoms with E-state index < -0.39 is 16.5 Å². The van der Waals surface area contributed by atoms with Gasteiger partial charge in [0.2, 0.25) is 11.6 Å². The van der Waals surface area contributed by atoms with Crippen LogP contribution in [0.1, 0.15) is 15.9 Å². The summed E-state index contributed by atoms with van der Waals surface area (Å²) in [6.45, 7) is 0.296. The maximum absolute atomic E-state index is 12.3. The van der Waals surface area contributed by atoms with Gasteiger partial charge in [-0.2, -0.15) is 0 Å². The number of hydrogen-bond acceptors (Lipinski definition) is 8. The minimum absolute atomic E-state index is 0.0171. The second kappa shape index (κ2) is 9.65. The molecule has 3 rings (SSSR count). The molecule has 0 atom stereocenters. The number of aromatic nitrogens is 2. The van der Waals surface area contributed by atoms with E-state index in [1.54, 1.807) is 43.5 Å². The van der Waals surface area contributed by atoms with Crippen LogP contribution in [0, 0.1) is 10.1 Å². The van der Waals surface area contributed by atoms with Crippen molar-refractivity contribution in [1.82, 2.24) is 15.4 Å². The quantitative estimate of drug-likeness (QED) is 0.335. The molecule has 1 heterocycles. The summed E-state index contributed by atoms with van der Waals surface area (Å²) in [4.78, 5) is 31.2. The number of methoxy groups -OCH3 is 1. The smallest absolute Gasteiger partial charge is 0.354 e. The molecular weight excluding hydrogens is 456 g/mol. The van der Waals surface area contributed by atoms with Crippen LogP contribution >= 0.6 is 15.9 Å². The summed E-state index contributed by atoms with van der Waals surface area (Å²) in [6, 6.07) is 14.0. The number of carbonyl (C=O) groups excluding carboxylic acids is 1. The van der Waals surface area contributed by atoms with Crippen LogP contribution in [0.15, 0.2) is 59.3 Å². The summed E-state index contributed by atoms with van der Waals surface area (Å²) >= 11 is 3.28. The molecule has 1 amide bonds. The highest BCUT2D eigenvalue weighted by Gasteiger charge is 2.23. The van der Waals surface area contributed by atoms with Crippen molar-refractivity contribution < 1.29 is 14.5 Å². The van der Waals surface area contributed by atoms with E-state index in [-0.39, 0.29) is 11.6 Å². The van der Waals surface area contributed by atoms with Gasteiger partial charge in [0.25, 0.3) is 5.91 Å². The third-order valence-corrected chi connectivity index (χ3v) is 4.73. The first-order valence-corrected chi connectivity index (χ1v) is 9.46. The SMILES string of the molecule is COc1ccc(CNc2ncnc(NNC(=O)c3ccccc3Br)c2[N+](=O)[O-])cc1. The summed E-state index contributed by atoms with van der Waals surface area (Å²) in [6.07, 6.45) is 1.16. The molecule has 0 spiro atoms. The number of amides is 1. The van der Waals surface area contributed by atoms with Gasteiger partial charge in [-0.15, -0.1) is 0 Å². The Morgan fingerprint density at radius 3 is 2.50 bits per heavy atom. The molecule has 0 bridgehead atoms. The molecule has 0 fully saturated rings. The van der Waals surface area contributed by atoms with E-state index in [0.29, 0.717) is 22.3 Å². The molecule has 3 aromatic rings. The van der Waals surface area contributed by atoms with Gasteiger partial charge in [0.05, 0.1) is 17.6 Å². The molecular formula is C19H17BrN6O4. The number of hydrazine groups is 1. The Kier molecular flexibility index (Phi) is 6.75. The number of benzene rings is 2. The highest BCUT2D eigenvalue weighted by atomic mass is 79.9. The lowest BCUT2D eigenvalue weighted by Crippen LogP contribution is -2.30. The van der Waals surface area contributed by atoms with Crippen molar-refractivity contribution in [1.29, 1.82) is 0 Å². The Morgan fingerprint density at radius 1 is 1.13 bits per heavy atom. The van der Waals surface area contributed by atoms with E-state index in [1.807, 2.05) is 12.1 Å². The van der Waals surface area contributed by atoms with E-state index >= 15 is 0 Å². The first kappa shape index (κ1) is 21.0. The standard InChI is InChI=1S/C19H17BrN6O4/c1-30-13-8-6-12(7-9-13)10-21-17-16(26(28)29)18(23-11-22-17)24-25-19(27)14-4-2-3-5-15(14)20/h2-9,11H,10H2,1H3,(H,25,27)(H2,21,22,23,24). The van der Waals surface area contributed by atoms with Crippen LogP contribution in [-0.4, -0.2) is 27.9 Å². The molecule has 0 aliphatic heterocycles. The Bertz CT molecular complexity index is 1060. The molecule has 154 valence electrons.